The van der Waals surface area contributed by atoms with E-state index in [0.29, 0.717) is 34.4 Å². The fourth-order valence-corrected chi connectivity index (χ4v) is 3.48. The summed E-state index contributed by atoms with van der Waals surface area (Å²) < 4.78 is 5.75. The summed E-state index contributed by atoms with van der Waals surface area (Å²) in [6, 6.07) is 18.5. The van der Waals surface area contributed by atoms with E-state index in [9.17, 15) is 4.79 Å². The van der Waals surface area contributed by atoms with E-state index >= 15 is 0 Å². The van der Waals surface area contributed by atoms with Crippen LogP contribution in [0.15, 0.2) is 77.6 Å². The first-order valence-corrected chi connectivity index (χ1v) is 9.72. The fourth-order valence-electron chi connectivity index (χ4n) is 3.26. The summed E-state index contributed by atoms with van der Waals surface area (Å²) in [4.78, 5) is 18.2. The van der Waals surface area contributed by atoms with Gasteiger partial charge in [-0.3, -0.25) is 9.78 Å². The smallest absolute Gasteiger partial charge is 0.247 e. The van der Waals surface area contributed by atoms with E-state index in [1.54, 1.807) is 30.6 Å². The van der Waals surface area contributed by atoms with Crippen LogP contribution in [0.5, 0.6) is 0 Å². The molecule has 0 aliphatic heterocycles. The number of amides is 1. The van der Waals surface area contributed by atoms with Crippen LogP contribution >= 0.6 is 11.6 Å². The number of carbonyl (C=O) groups is 1. The first-order chi connectivity index (χ1) is 14.6. The van der Waals surface area contributed by atoms with Crippen LogP contribution in [0.3, 0.4) is 0 Å². The molecule has 0 saturated heterocycles. The molecule has 7 heteroatoms. The SMILES string of the molecule is CC(=O)N(c1ccccc1Cl)c1onc(-c2ccc(CN)cc2)c1-c1ccncc1. The zero-order valence-electron chi connectivity index (χ0n) is 16.2. The molecule has 0 aliphatic rings. The van der Waals surface area contributed by atoms with Crippen molar-refractivity contribution < 1.29 is 9.32 Å². The molecule has 1 amide bonds. The molecule has 0 spiro atoms. The highest BCUT2D eigenvalue weighted by Crippen LogP contribution is 2.43. The molecule has 150 valence electrons. The number of benzene rings is 2. The fraction of sp³-hybridized carbons (Fsp3) is 0.0870. The Morgan fingerprint density at radius 3 is 2.37 bits per heavy atom. The second-order valence-corrected chi connectivity index (χ2v) is 7.06. The Labute approximate surface area is 178 Å². The molecule has 0 saturated carbocycles. The lowest BCUT2D eigenvalue weighted by atomic mass is 10.0. The molecular formula is C23H19ClN4O2. The standard InChI is InChI=1S/C23H19ClN4O2/c1-15(29)28(20-5-3-2-4-19(20)24)23-21(17-10-12-26-13-11-17)22(27-30-23)18-8-6-16(14-25)7-9-18/h2-13H,14,25H2,1H3. The van der Waals surface area contributed by atoms with Gasteiger partial charge < -0.3 is 10.3 Å². The maximum Gasteiger partial charge on any atom is 0.247 e. The Morgan fingerprint density at radius 1 is 1.03 bits per heavy atom. The number of hydrogen-bond donors (Lipinski definition) is 1. The van der Waals surface area contributed by atoms with E-state index < -0.39 is 0 Å². The van der Waals surface area contributed by atoms with Gasteiger partial charge in [-0.25, -0.2) is 4.90 Å². The molecule has 2 aromatic heterocycles. The van der Waals surface area contributed by atoms with Crippen molar-refractivity contribution in [1.82, 2.24) is 10.1 Å². The summed E-state index contributed by atoms with van der Waals surface area (Å²) in [6.45, 7) is 1.91. The lowest BCUT2D eigenvalue weighted by molar-refractivity contribution is -0.116. The molecule has 2 aromatic carbocycles. The van der Waals surface area contributed by atoms with Crippen molar-refractivity contribution in [2.45, 2.75) is 13.5 Å². The van der Waals surface area contributed by atoms with E-state index in [-0.39, 0.29) is 5.91 Å². The van der Waals surface area contributed by atoms with Crippen LogP contribution in [0.25, 0.3) is 22.4 Å². The lowest BCUT2D eigenvalue weighted by Crippen LogP contribution is -2.23. The minimum absolute atomic E-state index is 0.250. The quantitative estimate of drug-likeness (QED) is 0.481. The van der Waals surface area contributed by atoms with Gasteiger partial charge in [-0.05, 0) is 35.4 Å². The first-order valence-electron chi connectivity index (χ1n) is 9.35. The number of halogens is 1. The van der Waals surface area contributed by atoms with Gasteiger partial charge >= 0.3 is 0 Å². The summed E-state index contributed by atoms with van der Waals surface area (Å²) in [5.41, 5.74) is 10.2. The Hall–Kier alpha value is -3.48. The molecule has 30 heavy (non-hydrogen) atoms. The number of rotatable bonds is 5. The lowest BCUT2D eigenvalue weighted by Gasteiger charge is -2.20. The Bertz CT molecular complexity index is 1170. The van der Waals surface area contributed by atoms with Crippen molar-refractivity contribution in [1.29, 1.82) is 0 Å². The number of anilines is 2. The molecule has 0 fully saturated rings. The molecule has 0 radical (unpaired) electrons. The third kappa shape index (κ3) is 3.70. The number of carbonyl (C=O) groups excluding carboxylic acids is 1. The molecule has 4 rings (SSSR count). The second-order valence-electron chi connectivity index (χ2n) is 6.65. The highest BCUT2D eigenvalue weighted by Gasteiger charge is 2.28. The number of pyridine rings is 1. The summed E-state index contributed by atoms with van der Waals surface area (Å²) in [7, 11) is 0. The van der Waals surface area contributed by atoms with Crippen molar-refractivity contribution in [2.75, 3.05) is 4.90 Å². The third-order valence-electron chi connectivity index (χ3n) is 4.72. The van der Waals surface area contributed by atoms with Gasteiger partial charge in [0.15, 0.2) is 0 Å². The predicted molar refractivity (Wildman–Crippen MR) is 117 cm³/mol. The van der Waals surface area contributed by atoms with E-state index in [0.717, 1.165) is 16.7 Å². The van der Waals surface area contributed by atoms with Crippen LogP contribution in [0, 0.1) is 0 Å². The Morgan fingerprint density at radius 2 is 1.73 bits per heavy atom. The topological polar surface area (TPSA) is 85.2 Å². The minimum Gasteiger partial charge on any atom is -0.337 e. The van der Waals surface area contributed by atoms with Crippen LogP contribution in [-0.2, 0) is 11.3 Å². The van der Waals surface area contributed by atoms with Crippen LogP contribution in [0.4, 0.5) is 11.6 Å². The van der Waals surface area contributed by atoms with Crippen LogP contribution in [0.2, 0.25) is 5.02 Å². The van der Waals surface area contributed by atoms with Gasteiger partial charge in [0, 0.05) is 31.4 Å². The van der Waals surface area contributed by atoms with E-state index in [1.807, 2.05) is 42.5 Å². The average Bonchev–Trinajstić information content (AvgIpc) is 3.20. The predicted octanol–water partition coefficient (Wildman–Crippen LogP) is 5.20. The monoisotopic (exact) mass is 418 g/mol. The van der Waals surface area contributed by atoms with Gasteiger partial charge in [0.05, 0.1) is 16.3 Å². The Balaban J connectivity index is 1.95. The van der Waals surface area contributed by atoms with Crippen molar-refractivity contribution in [3.05, 3.63) is 83.6 Å². The highest BCUT2D eigenvalue weighted by atomic mass is 35.5. The van der Waals surface area contributed by atoms with E-state index in [1.165, 1.54) is 11.8 Å². The number of nitrogens with two attached hydrogens (primary N) is 1. The average molecular weight is 419 g/mol. The number of aromatic nitrogens is 2. The van der Waals surface area contributed by atoms with Gasteiger partial charge in [-0.15, -0.1) is 0 Å². The molecule has 2 N–H and O–H groups in total. The summed E-state index contributed by atoms with van der Waals surface area (Å²) >= 11 is 6.39. The summed E-state index contributed by atoms with van der Waals surface area (Å²) in [6.07, 6.45) is 3.36. The van der Waals surface area contributed by atoms with Gasteiger partial charge in [-0.2, -0.15) is 0 Å². The maximum atomic E-state index is 12.7. The zero-order valence-corrected chi connectivity index (χ0v) is 17.0. The second kappa shape index (κ2) is 8.49. The normalized spacial score (nSPS) is 10.8. The summed E-state index contributed by atoms with van der Waals surface area (Å²) in [5, 5.41) is 4.74. The van der Waals surface area contributed by atoms with Gasteiger partial charge in [0.1, 0.15) is 5.69 Å². The maximum absolute atomic E-state index is 12.7. The van der Waals surface area contributed by atoms with Crippen LogP contribution in [0.1, 0.15) is 12.5 Å². The number of nitrogens with zero attached hydrogens (tertiary/aromatic N) is 3. The molecule has 0 unspecified atom stereocenters. The van der Waals surface area contributed by atoms with Crippen molar-refractivity contribution in [3.8, 4) is 22.4 Å². The summed E-state index contributed by atoms with van der Waals surface area (Å²) in [5.74, 6) is 0.0410. The van der Waals surface area contributed by atoms with Gasteiger partial charge in [0.2, 0.25) is 11.8 Å². The largest absolute Gasteiger partial charge is 0.337 e. The number of para-hydroxylation sites is 1. The minimum atomic E-state index is -0.250. The van der Waals surface area contributed by atoms with Gasteiger partial charge in [0.25, 0.3) is 0 Å². The van der Waals surface area contributed by atoms with Crippen molar-refractivity contribution >= 4 is 29.1 Å². The molecule has 6 nitrogen and oxygen atoms in total. The van der Waals surface area contributed by atoms with Crippen LogP contribution in [-0.4, -0.2) is 16.0 Å². The molecule has 2 heterocycles. The molecule has 4 aromatic rings. The van der Waals surface area contributed by atoms with Crippen molar-refractivity contribution in [2.24, 2.45) is 5.73 Å². The van der Waals surface area contributed by atoms with E-state index in [4.69, 9.17) is 21.9 Å². The zero-order chi connectivity index (χ0) is 21.1. The molecule has 0 bridgehead atoms. The first kappa shape index (κ1) is 19.8. The highest BCUT2D eigenvalue weighted by molar-refractivity contribution is 6.34. The molecule has 0 aliphatic carbocycles. The third-order valence-corrected chi connectivity index (χ3v) is 5.04. The van der Waals surface area contributed by atoms with Crippen LogP contribution < -0.4 is 10.6 Å². The van der Waals surface area contributed by atoms with Crippen molar-refractivity contribution in [3.63, 3.8) is 0 Å². The Kier molecular flexibility index (Phi) is 5.61. The molecular weight excluding hydrogens is 400 g/mol. The number of hydrogen-bond acceptors (Lipinski definition) is 5. The van der Waals surface area contributed by atoms with Gasteiger partial charge in [-0.1, -0.05) is 53.2 Å². The van der Waals surface area contributed by atoms with E-state index in [2.05, 4.69) is 10.1 Å². The molecule has 0 atom stereocenters.